The highest BCUT2D eigenvalue weighted by Crippen LogP contribution is 2.03. The van der Waals surface area contributed by atoms with Crippen LogP contribution in [0.4, 0.5) is 4.79 Å². The van der Waals surface area contributed by atoms with Gasteiger partial charge in [-0.3, -0.25) is 10.1 Å². The Morgan fingerprint density at radius 1 is 1.33 bits per heavy atom. The molecule has 12 heavy (non-hydrogen) atoms. The monoisotopic (exact) mass is 172 g/mol. The van der Waals surface area contributed by atoms with Gasteiger partial charge in [0.05, 0.1) is 0 Å². The number of rotatable bonds is 4. The van der Waals surface area contributed by atoms with Gasteiger partial charge in [0.2, 0.25) is 0 Å². The van der Waals surface area contributed by atoms with Crippen LogP contribution >= 0.6 is 0 Å². The van der Waals surface area contributed by atoms with Crippen LogP contribution in [-0.2, 0) is 4.79 Å². The third-order valence-electron chi connectivity index (χ3n) is 1.76. The molecule has 5 heteroatoms. The van der Waals surface area contributed by atoms with Crippen molar-refractivity contribution in [2.24, 2.45) is 0 Å². The number of imide groups is 1. The fourth-order valence-corrected chi connectivity index (χ4v) is 1.12. The molecule has 0 saturated carbocycles. The number of unbranched alkanes of at least 4 members (excludes halogenated alkanes) is 1. The maximum atomic E-state index is 10.9. The minimum atomic E-state index is -0.422. The molecule has 1 saturated heterocycles. The Morgan fingerprint density at radius 3 is 2.58 bits per heavy atom. The summed E-state index contributed by atoms with van der Waals surface area (Å²) in [7, 11) is 0. The van der Waals surface area contributed by atoms with Crippen molar-refractivity contribution in [3.63, 3.8) is 0 Å². The van der Waals surface area contributed by atoms with Crippen LogP contribution in [0.1, 0.15) is 19.3 Å². The number of nitrogens with one attached hydrogen (secondary N) is 2. The average molecular weight is 172 g/mol. The molecule has 5 nitrogen and oxygen atoms in total. The van der Waals surface area contributed by atoms with Gasteiger partial charge in [-0.1, -0.05) is 0 Å². The van der Waals surface area contributed by atoms with Crippen LogP contribution in [0.15, 0.2) is 0 Å². The van der Waals surface area contributed by atoms with Gasteiger partial charge in [-0.2, -0.15) is 0 Å². The lowest BCUT2D eigenvalue weighted by atomic mass is 10.1. The SMILES string of the molecule is O=C1NC(=O)[C@H](CCCCO)N1. The van der Waals surface area contributed by atoms with E-state index in [2.05, 4.69) is 10.6 Å². The van der Waals surface area contributed by atoms with Gasteiger partial charge in [0.1, 0.15) is 6.04 Å². The molecule has 1 fully saturated rings. The fourth-order valence-electron chi connectivity index (χ4n) is 1.12. The van der Waals surface area contributed by atoms with Crippen LogP contribution in [0.2, 0.25) is 0 Å². The maximum absolute atomic E-state index is 10.9. The lowest BCUT2D eigenvalue weighted by Crippen LogP contribution is -2.28. The molecule has 1 aliphatic rings. The van der Waals surface area contributed by atoms with Crippen LogP contribution in [0.25, 0.3) is 0 Å². The van der Waals surface area contributed by atoms with E-state index in [1.807, 2.05) is 0 Å². The Labute approximate surface area is 70.1 Å². The number of hydrogen-bond acceptors (Lipinski definition) is 3. The van der Waals surface area contributed by atoms with E-state index in [0.717, 1.165) is 6.42 Å². The van der Waals surface area contributed by atoms with Crippen molar-refractivity contribution in [2.45, 2.75) is 25.3 Å². The predicted octanol–water partition coefficient (Wildman–Crippen LogP) is -0.643. The highest BCUT2D eigenvalue weighted by Gasteiger charge is 2.28. The Morgan fingerprint density at radius 2 is 2.08 bits per heavy atom. The molecule has 1 atom stereocenters. The molecule has 0 spiro atoms. The number of aliphatic hydroxyl groups excluding tert-OH is 1. The molecule has 0 bridgehead atoms. The Hall–Kier alpha value is -1.10. The second kappa shape index (κ2) is 4.06. The molecule has 0 unspecified atom stereocenters. The van der Waals surface area contributed by atoms with Gasteiger partial charge in [0.25, 0.3) is 5.91 Å². The largest absolute Gasteiger partial charge is 0.396 e. The van der Waals surface area contributed by atoms with Crippen LogP contribution < -0.4 is 10.6 Å². The Kier molecular flexibility index (Phi) is 3.04. The molecule has 0 aromatic carbocycles. The molecule has 0 radical (unpaired) electrons. The van der Waals surface area contributed by atoms with E-state index in [4.69, 9.17) is 5.11 Å². The summed E-state index contributed by atoms with van der Waals surface area (Å²) in [4.78, 5) is 21.5. The number of urea groups is 1. The number of amides is 3. The van der Waals surface area contributed by atoms with Crippen molar-refractivity contribution in [2.75, 3.05) is 6.61 Å². The van der Waals surface area contributed by atoms with E-state index in [9.17, 15) is 9.59 Å². The molecular formula is C7H12N2O3. The van der Waals surface area contributed by atoms with Gasteiger partial charge in [-0.05, 0) is 19.3 Å². The molecule has 68 valence electrons. The highest BCUT2D eigenvalue weighted by atomic mass is 16.3. The van der Waals surface area contributed by atoms with Crippen molar-refractivity contribution < 1.29 is 14.7 Å². The third-order valence-corrected chi connectivity index (χ3v) is 1.76. The van der Waals surface area contributed by atoms with Gasteiger partial charge >= 0.3 is 6.03 Å². The summed E-state index contributed by atoms with van der Waals surface area (Å²) in [6, 6.07) is -0.821. The van der Waals surface area contributed by atoms with E-state index >= 15 is 0 Å². The Bertz CT molecular complexity index is 193. The summed E-state index contributed by atoms with van der Waals surface area (Å²) >= 11 is 0. The van der Waals surface area contributed by atoms with E-state index in [1.54, 1.807) is 0 Å². The molecule has 3 amide bonds. The molecule has 0 aromatic rings. The molecule has 1 aliphatic heterocycles. The molecule has 0 aliphatic carbocycles. The summed E-state index contributed by atoms with van der Waals surface area (Å²) in [5, 5.41) is 13.1. The zero-order chi connectivity index (χ0) is 8.97. The van der Waals surface area contributed by atoms with Gasteiger partial charge in [-0.25, -0.2) is 4.79 Å². The van der Waals surface area contributed by atoms with Gasteiger partial charge in [0, 0.05) is 6.61 Å². The molecule has 0 aromatic heterocycles. The summed E-state index contributed by atoms with van der Waals surface area (Å²) in [5.74, 6) is -0.266. The summed E-state index contributed by atoms with van der Waals surface area (Å²) in [5.41, 5.74) is 0. The van der Waals surface area contributed by atoms with E-state index in [0.29, 0.717) is 12.8 Å². The fraction of sp³-hybridized carbons (Fsp3) is 0.714. The number of carbonyl (C=O) groups is 2. The minimum Gasteiger partial charge on any atom is -0.396 e. The predicted molar refractivity (Wildman–Crippen MR) is 41.4 cm³/mol. The first-order valence-electron chi connectivity index (χ1n) is 3.96. The lowest BCUT2D eigenvalue weighted by molar-refractivity contribution is -0.120. The smallest absolute Gasteiger partial charge is 0.322 e. The first-order chi connectivity index (χ1) is 5.74. The lowest BCUT2D eigenvalue weighted by Gasteiger charge is -2.04. The van der Waals surface area contributed by atoms with Gasteiger partial charge < -0.3 is 10.4 Å². The minimum absolute atomic E-state index is 0.127. The van der Waals surface area contributed by atoms with Crippen molar-refractivity contribution in [1.82, 2.24) is 10.6 Å². The van der Waals surface area contributed by atoms with Crippen molar-refractivity contribution in [3.05, 3.63) is 0 Å². The second-order valence-corrected chi connectivity index (χ2v) is 2.73. The quantitative estimate of drug-likeness (QED) is 0.390. The van der Waals surface area contributed by atoms with Crippen LogP contribution in [-0.4, -0.2) is 29.7 Å². The Balaban J connectivity index is 2.24. The molecular weight excluding hydrogens is 160 g/mol. The van der Waals surface area contributed by atoms with Crippen LogP contribution in [0, 0.1) is 0 Å². The zero-order valence-electron chi connectivity index (χ0n) is 6.67. The third kappa shape index (κ3) is 2.20. The van der Waals surface area contributed by atoms with E-state index in [-0.39, 0.29) is 12.5 Å². The van der Waals surface area contributed by atoms with Crippen LogP contribution in [0.3, 0.4) is 0 Å². The normalized spacial score (nSPS) is 22.2. The molecule has 1 heterocycles. The van der Waals surface area contributed by atoms with E-state index in [1.165, 1.54) is 0 Å². The number of carbonyl (C=O) groups excluding carboxylic acids is 2. The highest BCUT2D eigenvalue weighted by molar-refractivity contribution is 6.04. The number of hydrogen-bond donors (Lipinski definition) is 3. The average Bonchev–Trinajstić information content (AvgIpc) is 2.31. The van der Waals surface area contributed by atoms with Crippen molar-refractivity contribution in [3.8, 4) is 0 Å². The number of aliphatic hydroxyl groups is 1. The standard InChI is InChI=1S/C7H12N2O3/c10-4-2-1-3-5-6(11)9-7(12)8-5/h5,10H,1-4H2,(H2,8,9,11,12)/t5-/m0/s1. The zero-order valence-corrected chi connectivity index (χ0v) is 6.67. The first-order valence-corrected chi connectivity index (χ1v) is 3.96. The summed E-state index contributed by atoms with van der Waals surface area (Å²) in [6.45, 7) is 0.127. The van der Waals surface area contributed by atoms with Crippen molar-refractivity contribution in [1.29, 1.82) is 0 Å². The van der Waals surface area contributed by atoms with Crippen molar-refractivity contribution >= 4 is 11.9 Å². The maximum Gasteiger partial charge on any atom is 0.322 e. The molecule has 3 N–H and O–H groups in total. The second-order valence-electron chi connectivity index (χ2n) is 2.73. The first kappa shape index (κ1) is 8.99. The summed E-state index contributed by atoms with van der Waals surface area (Å²) in [6.07, 6.45) is 2.01. The van der Waals surface area contributed by atoms with Crippen LogP contribution in [0.5, 0.6) is 0 Å². The van der Waals surface area contributed by atoms with Gasteiger partial charge in [-0.15, -0.1) is 0 Å². The van der Waals surface area contributed by atoms with E-state index < -0.39 is 12.1 Å². The summed E-state index contributed by atoms with van der Waals surface area (Å²) < 4.78 is 0. The van der Waals surface area contributed by atoms with Gasteiger partial charge in [0.15, 0.2) is 0 Å². The topological polar surface area (TPSA) is 78.4 Å². The molecule has 1 rings (SSSR count).